The van der Waals surface area contributed by atoms with Gasteiger partial charge in [0.2, 0.25) is 5.88 Å². The lowest BCUT2D eigenvalue weighted by Crippen LogP contribution is -2.36. The molecule has 0 unspecified atom stereocenters. The Hall–Kier alpha value is -3.41. The van der Waals surface area contributed by atoms with Crippen molar-refractivity contribution in [3.8, 4) is 5.88 Å². The standard InChI is InChI=1S/C22H22FN3O2/c1-26(15-19-8-5-9-20(23)12-19)22(27)25-14-18-10-11-24-21(13-18)28-16-17-6-3-2-4-7-17/h2-13H,14-16H2,1H3,(H,25,27). The van der Waals surface area contributed by atoms with Gasteiger partial charge in [0, 0.05) is 32.4 Å². The van der Waals surface area contributed by atoms with Crippen molar-refractivity contribution >= 4 is 6.03 Å². The van der Waals surface area contributed by atoms with Gasteiger partial charge in [-0.25, -0.2) is 14.2 Å². The molecule has 0 spiro atoms. The number of halogens is 1. The van der Waals surface area contributed by atoms with Gasteiger partial charge in [0.15, 0.2) is 0 Å². The highest BCUT2D eigenvalue weighted by Gasteiger charge is 2.09. The van der Waals surface area contributed by atoms with Gasteiger partial charge in [0.1, 0.15) is 12.4 Å². The molecule has 144 valence electrons. The fourth-order valence-electron chi connectivity index (χ4n) is 2.66. The minimum atomic E-state index is -0.314. The molecule has 0 saturated heterocycles. The van der Waals surface area contributed by atoms with E-state index in [9.17, 15) is 9.18 Å². The first-order valence-corrected chi connectivity index (χ1v) is 8.95. The summed E-state index contributed by atoms with van der Waals surface area (Å²) in [5, 5.41) is 2.84. The molecule has 1 heterocycles. The van der Waals surface area contributed by atoms with Crippen LogP contribution in [0, 0.1) is 5.82 Å². The number of carbonyl (C=O) groups is 1. The summed E-state index contributed by atoms with van der Waals surface area (Å²) in [6.45, 7) is 1.10. The average molecular weight is 379 g/mol. The number of amides is 2. The molecule has 5 nitrogen and oxygen atoms in total. The maximum absolute atomic E-state index is 13.3. The van der Waals surface area contributed by atoms with E-state index in [0.29, 0.717) is 25.6 Å². The van der Waals surface area contributed by atoms with Crippen LogP contribution in [0.3, 0.4) is 0 Å². The number of nitrogens with zero attached hydrogens (tertiary/aromatic N) is 2. The largest absolute Gasteiger partial charge is 0.473 e. The van der Waals surface area contributed by atoms with E-state index in [4.69, 9.17) is 4.74 Å². The molecule has 3 rings (SSSR count). The Balaban J connectivity index is 1.50. The lowest BCUT2D eigenvalue weighted by molar-refractivity contribution is 0.206. The Morgan fingerprint density at radius 2 is 1.82 bits per heavy atom. The minimum absolute atomic E-state index is 0.243. The third-order valence-corrected chi connectivity index (χ3v) is 4.13. The summed E-state index contributed by atoms with van der Waals surface area (Å²) in [4.78, 5) is 18.0. The molecule has 0 saturated carbocycles. The number of hydrogen-bond donors (Lipinski definition) is 1. The van der Waals surface area contributed by atoms with E-state index >= 15 is 0 Å². The van der Waals surface area contributed by atoms with Crippen molar-refractivity contribution in [3.05, 3.63) is 95.4 Å². The first-order chi connectivity index (χ1) is 13.6. The van der Waals surface area contributed by atoms with Gasteiger partial charge >= 0.3 is 6.03 Å². The zero-order chi connectivity index (χ0) is 19.8. The van der Waals surface area contributed by atoms with Gasteiger partial charge < -0.3 is 15.0 Å². The molecule has 0 fully saturated rings. The Labute approximate surface area is 163 Å². The molecule has 28 heavy (non-hydrogen) atoms. The third kappa shape index (κ3) is 5.81. The van der Waals surface area contributed by atoms with Crippen LogP contribution in [-0.2, 0) is 19.7 Å². The van der Waals surface area contributed by atoms with Gasteiger partial charge in [-0.05, 0) is 34.9 Å². The van der Waals surface area contributed by atoms with Crippen LogP contribution in [0.2, 0.25) is 0 Å². The second-order valence-electron chi connectivity index (χ2n) is 6.42. The quantitative estimate of drug-likeness (QED) is 0.671. The summed E-state index contributed by atoms with van der Waals surface area (Å²) in [7, 11) is 1.67. The molecule has 3 aromatic rings. The van der Waals surface area contributed by atoms with Crippen LogP contribution in [-0.4, -0.2) is 23.0 Å². The zero-order valence-electron chi connectivity index (χ0n) is 15.6. The number of ether oxygens (including phenoxy) is 1. The van der Waals surface area contributed by atoms with Crippen molar-refractivity contribution in [1.82, 2.24) is 15.2 Å². The maximum Gasteiger partial charge on any atom is 0.317 e. The van der Waals surface area contributed by atoms with Crippen molar-refractivity contribution in [2.45, 2.75) is 19.7 Å². The highest BCUT2D eigenvalue weighted by Crippen LogP contribution is 2.12. The average Bonchev–Trinajstić information content (AvgIpc) is 2.71. The van der Waals surface area contributed by atoms with E-state index in [2.05, 4.69) is 10.3 Å². The Morgan fingerprint density at radius 1 is 1.04 bits per heavy atom. The van der Waals surface area contributed by atoms with Crippen LogP contribution < -0.4 is 10.1 Å². The SMILES string of the molecule is CN(Cc1cccc(F)c1)C(=O)NCc1ccnc(OCc2ccccc2)c1. The molecule has 1 N–H and O–H groups in total. The molecule has 0 atom stereocenters. The van der Waals surface area contributed by atoms with Crippen molar-refractivity contribution < 1.29 is 13.9 Å². The number of carbonyl (C=O) groups excluding carboxylic acids is 1. The van der Waals surface area contributed by atoms with Crippen molar-refractivity contribution in [2.75, 3.05) is 7.05 Å². The zero-order valence-corrected chi connectivity index (χ0v) is 15.6. The van der Waals surface area contributed by atoms with E-state index in [-0.39, 0.29) is 11.8 Å². The molecule has 0 bridgehead atoms. The number of nitrogens with one attached hydrogen (secondary N) is 1. The summed E-state index contributed by atoms with van der Waals surface area (Å²) >= 11 is 0. The maximum atomic E-state index is 13.3. The lowest BCUT2D eigenvalue weighted by atomic mass is 10.2. The van der Waals surface area contributed by atoms with Gasteiger partial charge in [-0.3, -0.25) is 0 Å². The first-order valence-electron chi connectivity index (χ1n) is 8.95. The van der Waals surface area contributed by atoms with Crippen LogP contribution >= 0.6 is 0 Å². The Kier molecular flexibility index (Phi) is 6.57. The second kappa shape index (κ2) is 9.50. The Morgan fingerprint density at radius 3 is 2.61 bits per heavy atom. The summed E-state index contributed by atoms with van der Waals surface area (Å²) in [6.07, 6.45) is 1.65. The smallest absolute Gasteiger partial charge is 0.317 e. The molecule has 0 aliphatic heterocycles. The van der Waals surface area contributed by atoms with Gasteiger partial charge in [-0.2, -0.15) is 0 Å². The number of pyridine rings is 1. The molecule has 0 aliphatic rings. The summed E-state index contributed by atoms with van der Waals surface area (Å²) < 4.78 is 19.0. The van der Waals surface area contributed by atoms with Crippen LogP contribution in [0.25, 0.3) is 0 Å². The van der Waals surface area contributed by atoms with Crippen LogP contribution in [0.15, 0.2) is 72.9 Å². The highest BCUT2D eigenvalue weighted by atomic mass is 19.1. The monoisotopic (exact) mass is 379 g/mol. The Bertz CT molecular complexity index is 918. The number of benzene rings is 2. The second-order valence-corrected chi connectivity index (χ2v) is 6.42. The number of rotatable bonds is 7. The molecular formula is C22H22FN3O2. The van der Waals surface area contributed by atoms with E-state index < -0.39 is 0 Å². The van der Waals surface area contributed by atoms with E-state index in [0.717, 1.165) is 16.7 Å². The molecule has 0 radical (unpaired) electrons. The molecule has 2 aromatic carbocycles. The van der Waals surface area contributed by atoms with Gasteiger partial charge in [-0.15, -0.1) is 0 Å². The fourth-order valence-corrected chi connectivity index (χ4v) is 2.66. The highest BCUT2D eigenvalue weighted by molar-refractivity contribution is 5.73. The van der Waals surface area contributed by atoms with Crippen molar-refractivity contribution in [2.24, 2.45) is 0 Å². The number of urea groups is 1. The predicted molar refractivity (Wildman–Crippen MR) is 105 cm³/mol. The normalized spacial score (nSPS) is 10.4. The fraction of sp³-hybridized carbons (Fsp3) is 0.182. The predicted octanol–water partition coefficient (Wildman–Crippen LogP) is 4.14. The lowest BCUT2D eigenvalue weighted by Gasteiger charge is -2.18. The molecule has 0 aliphatic carbocycles. The molecule has 6 heteroatoms. The van der Waals surface area contributed by atoms with Crippen molar-refractivity contribution in [1.29, 1.82) is 0 Å². The van der Waals surface area contributed by atoms with Crippen LogP contribution in [0.1, 0.15) is 16.7 Å². The van der Waals surface area contributed by atoms with E-state index in [1.54, 1.807) is 31.4 Å². The number of aromatic nitrogens is 1. The summed E-state index contributed by atoms with van der Waals surface area (Å²) in [6, 6.07) is 19.4. The first kappa shape index (κ1) is 19.4. The van der Waals surface area contributed by atoms with Gasteiger partial charge in [0.05, 0.1) is 0 Å². The molecule has 2 amide bonds. The van der Waals surface area contributed by atoms with E-state index in [1.807, 2.05) is 36.4 Å². The topological polar surface area (TPSA) is 54.5 Å². The summed E-state index contributed by atoms with van der Waals surface area (Å²) in [5.41, 5.74) is 2.67. The molecule has 1 aromatic heterocycles. The van der Waals surface area contributed by atoms with Crippen molar-refractivity contribution in [3.63, 3.8) is 0 Å². The minimum Gasteiger partial charge on any atom is -0.473 e. The van der Waals surface area contributed by atoms with Crippen LogP contribution in [0.5, 0.6) is 5.88 Å². The van der Waals surface area contributed by atoms with Gasteiger partial charge in [-0.1, -0.05) is 42.5 Å². The third-order valence-electron chi connectivity index (χ3n) is 4.13. The van der Waals surface area contributed by atoms with Gasteiger partial charge in [0.25, 0.3) is 0 Å². The number of hydrogen-bond acceptors (Lipinski definition) is 3. The summed E-state index contributed by atoms with van der Waals surface area (Å²) in [5.74, 6) is 0.190. The van der Waals surface area contributed by atoms with E-state index in [1.165, 1.54) is 17.0 Å². The molecular weight excluding hydrogens is 357 g/mol. The van der Waals surface area contributed by atoms with Crippen LogP contribution in [0.4, 0.5) is 9.18 Å².